The van der Waals surface area contributed by atoms with Crippen molar-refractivity contribution in [3.63, 3.8) is 0 Å². The molecule has 3 rings (SSSR count). The number of thiazole rings is 1. The molecule has 0 bridgehead atoms. The summed E-state index contributed by atoms with van der Waals surface area (Å²) in [6.07, 6.45) is -0.00681. The second kappa shape index (κ2) is 11.5. The maximum Gasteiger partial charge on any atom is 0.308 e. The minimum atomic E-state index is -0.590. The van der Waals surface area contributed by atoms with E-state index >= 15 is 0 Å². The molecule has 0 aliphatic heterocycles. The van der Waals surface area contributed by atoms with E-state index in [1.807, 2.05) is 24.3 Å². The molecular formula is C25H28N2O6S. The first kappa shape index (κ1) is 25.0. The molecular weight excluding hydrogens is 456 g/mol. The van der Waals surface area contributed by atoms with Gasteiger partial charge in [-0.3, -0.25) is 9.59 Å². The van der Waals surface area contributed by atoms with Crippen LogP contribution in [0.2, 0.25) is 0 Å². The fourth-order valence-corrected chi connectivity index (χ4v) is 4.39. The van der Waals surface area contributed by atoms with Gasteiger partial charge in [-0.1, -0.05) is 12.1 Å². The third kappa shape index (κ3) is 5.85. The number of ether oxygens (including phenoxy) is 4. The van der Waals surface area contributed by atoms with Crippen molar-refractivity contribution in [2.45, 2.75) is 26.3 Å². The van der Waals surface area contributed by atoms with Crippen molar-refractivity contribution in [1.82, 2.24) is 10.3 Å². The quantitative estimate of drug-likeness (QED) is 0.421. The highest BCUT2D eigenvalue weighted by Gasteiger charge is 2.24. The average molecular weight is 485 g/mol. The summed E-state index contributed by atoms with van der Waals surface area (Å²) >= 11 is 1.27. The Bertz CT molecular complexity index is 1160. The van der Waals surface area contributed by atoms with Crippen LogP contribution < -0.4 is 19.5 Å². The van der Waals surface area contributed by atoms with E-state index in [0.717, 1.165) is 11.1 Å². The molecule has 0 aliphatic carbocycles. The number of esters is 1. The second-order valence-corrected chi connectivity index (χ2v) is 8.31. The Balaban J connectivity index is 1.88. The van der Waals surface area contributed by atoms with E-state index in [1.54, 1.807) is 53.4 Å². The summed E-state index contributed by atoms with van der Waals surface area (Å²) in [6.45, 7) is 3.79. The van der Waals surface area contributed by atoms with Crippen LogP contribution in [0.15, 0.2) is 42.5 Å². The SMILES string of the molecule is CCOC(=O)CC(NC(=O)c1sc(-c2ccc(OC)c(OC)c2)nc1C)c1cccc(OC)c1. The molecule has 0 saturated heterocycles. The average Bonchev–Trinajstić information content (AvgIpc) is 3.25. The number of aromatic nitrogens is 1. The van der Waals surface area contributed by atoms with Crippen LogP contribution in [0.25, 0.3) is 10.6 Å². The minimum absolute atomic E-state index is 0.00681. The summed E-state index contributed by atoms with van der Waals surface area (Å²) < 4.78 is 21.1. The molecule has 8 nitrogen and oxygen atoms in total. The fraction of sp³-hybridized carbons (Fsp3) is 0.320. The summed E-state index contributed by atoms with van der Waals surface area (Å²) in [5, 5.41) is 3.64. The number of benzene rings is 2. The van der Waals surface area contributed by atoms with Crippen molar-refractivity contribution in [3.05, 3.63) is 58.6 Å². The molecule has 34 heavy (non-hydrogen) atoms. The molecule has 2 aromatic carbocycles. The van der Waals surface area contributed by atoms with Crippen LogP contribution in [0.5, 0.6) is 17.2 Å². The summed E-state index contributed by atoms with van der Waals surface area (Å²) in [7, 11) is 4.70. The van der Waals surface area contributed by atoms with E-state index in [9.17, 15) is 9.59 Å². The first-order valence-electron chi connectivity index (χ1n) is 10.7. The maximum absolute atomic E-state index is 13.2. The van der Waals surface area contributed by atoms with Crippen molar-refractivity contribution in [2.24, 2.45) is 0 Å². The molecule has 1 atom stereocenters. The van der Waals surface area contributed by atoms with Gasteiger partial charge >= 0.3 is 5.97 Å². The standard InChI is InChI=1S/C25H28N2O6S/c1-6-33-22(28)14-19(16-8-7-9-18(12-16)30-3)27-24(29)23-15(2)26-25(34-23)17-10-11-20(31-4)21(13-17)32-5/h7-13,19H,6,14H2,1-5H3,(H,27,29). The van der Waals surface area contributed by atoms with Crippen LogP contribution in [0.4, 0.5) is 0 Å². The highest BCUT2D eigenvalue weighted by atomic mass is 32.1. The highest BCUT2D eigenvalue weighted by molar-refractivity contribution is 7.17. The number of nitrogens with one attached hydrogen (secondary N) is 1. The van der Waals surface area contributed by atoms with Gasteiger partial charge in [0.25, 0.3) is 5.91 Å². The Hall–Kier alpha value is -3.59. The predicted octanol–water partition coefficient (Wildman–Crippen LogP) is 4.57. The van der Waals surface area contributed by atoms with Crippen LogP contribution in [0.3, 0.4) is 0 Å². The number of hydrogen-bond donors (Lipinski definition) is 1. The van der Waals surface area contributed by atoms with E-state index in [1.165, 1.54) is 11.3 Å². The molecule has 9 heteroatoms. The van der Waals surface area contributed by atoms with Gasteiger partial charge in [0.1, 0.15) is 15.6 Å². The Kier molecular flexibility index (Phi) is 8.48. The second-order valence-electron chi connectivity index (χ2n) is 7.32. The molecule has 0 spiro atoms. The third-order valence-corrected chi connectivity index (χ3v) is 6.32. The lowest BCUT2D eigenvalue weighted by Gasteiger charge is -2.19. The predicted molar refractivity (Wildman–Crippen MR) is 130 cm³/mol. The van der Waals surface area contributed by atoms with Crippen molar-refractivity contribution >= 4 is 23.2 Å². The van der Waals surface area contributed by atoms with Crippen molar-refractivity contribution in [1.29, 1.82) is 0 Å². The van der Waals surface area contributed by atoms with Crippen LogP contribution in [0, 0.1) is 6.92 Å². The normalized spacial score (nSPS) is 11.4. The van der Waals surface area contributed by atoms with Crippen molar-refractivity contribution < 1.29 is 28.5 Å². The third-order valence-electron chi connectivity index (χ3n) is 5.11. The van der Waals surface area contributed by atoms with Gasteiger partial charge in [-0.05, 0) is 49.7 Å². The number of carbonyl (C=O) groups excluding carboxylic acids is 2. The van der Waals surface area contributed by atoms with Crippen LogP contribution >= 0.6 is 11.3 Å². The summed E-state index contributed by atoms with van der Waals surface area (Å²) in [5.41, 5.74) is 2.14. The maximum atomic E-state index is 13.2. The van der Waals surface area contributed by atoms with E-state index in [4.69, 9.17) is 18.9 Å². The Morgan fingerprint density at radius 1 is 1.03 bits per heavy atom. The lowest BCUT2D eigenvalue weighted by atomic mass is 10.0. The van der Waals surface area contributed by atoms with E-state index in [-0.39, 0.29) is 18.9 Å². The lowest BCUT2D eigenvalue weighted by Crippen LogP contribution is -2.30. The molecule has 1 N–H and O–H groups in total. The topological polar surface area (TPSA) is 96.0 Å². The van der Waals surface area contributed by atoms with Crippen molar-refractivity contribution in [3.8, 4) is 27.8 Å². The minimum Gasteiger partial charge on any atom is -0.497 e. The first-order chi connectivity index (χ1) is 16.4. The van der Waals surface area contributed by atoms with Gasteiger partial charge in [0.05, 0.1) is 46.1 Å². The van der Waals surface area contributed by atoms with Gasteiger partial charge in [0.2, 0.25) is 0 Å². The number of amides is 1. The van der Waals surface area contributed by atoms with Gasteiger partial charge in [0, 0.05) is 5.56 Å². The summed E-state index contributed by atoms with van der Waals surface area (Å²) in [4.78, 5) is 30.5. The zero-order valence-electron chi connectivity index (χ0n) is 19.8. The van der Waals surface area contributed by atoms with Gasteiger partial charge in [-0.25, -0.2) is 4.98 Å². The zero-order chi connectivity index (χ0) is 24.7. The molecule has 1 aromatic heterocycles. The molecule has 1 amide bonds. The largest absolute Gasteiger partial charge is 0.497 e. The number of methoxy groups -OCH3 is 3. The van der Waals surface area contributed by atoms with Crippen LogP contribution in [-0.4, -0.2) is 44.8 Å². The molecule has 0 aliphatic rings. The van der Waals surface area contributed by atoms with E-state index in [2.05, 4.69) is 10.3 Å². The number of nitrogens with zero attached hydrogens (tertiary/aromatic N) is 1. The Morgan fingerprint density at radius 2 is 1.79 bits per heavy atom. The molecule has 3 aromatic rings. The first-order valence-corrected chi connectivity index (χ1v) is 11.5. The van der Waals surface area contributed by atoms with Crippen molar-refractivity contribution in [2.75, 3.05) is 27.9 Å². The fourth-order valence-electron chi connectivity index (χ4n) is 3.42. The number of aryl methyl sites for hydroxylation is 1. The summed E-state index contributed by atoms with van der Waals surface area (Å²) in [6, 6.07) is 12.1. The molecule has 180 valence electrons. The van der Waals surface area contributed by atoms with Gasteiger partial charge < -0.3 is 24.3 Å². The summed E-state index contributed by atoms with van der Waals surface area (Å²) in [5.74, 6) is 1.09. The highest BCUT2D eigenvalue weighted by Crippen LogP contribution is 2.35. The van der Waals surface area contributed by atoms with Gasteiger partial charge in [-0.2, -0.15) is 0 Å². The molecule has 0 radical (unpaired) electrons. The Morgan fingerprint density at radius 3 is 2.47 bits per heavy atom. The van der Waals surface area contributed by atoms with E-state index < -0.39 is 12.0 Å². The smallest absolute Gasteiger partial charge is 0.308 e. The number of hydrogen-bond acceptors (Lipinski definition) is 8. The number of carbonyl (C=O) groups is 2. The molecule has 1 unspecified atom stereocenters. The van der Waals surface area contributed by atoms with Crippen LogP contribution in [0.1, 0.15) is 40.3 Å². The van der Waals surface area contributed by atoms with E-state index in [0.29, 0.717) is 32.8 Å². The number of rotatable bonds is 10. The van der Waals surface area contributed by atoms with Gasteiger partial charge in [0.15, 0.2) is 11.5 Å². The molecule has 1 heterocycles. The van der Waals surface area contributed by atoms with Gasteiger partial charge in [-0.15, -0.1) is 11.3 Å². The lowest BCUT2D eigenvalue weighted by molar-refractivity contribution is -0.143. The Labute approximate surface area is 202 Å². The molecule has 0 fully saturated rings. The molecule has 0 saturated carbocycles. The zero-order valence-corrected chi connectivity index (χ0v) is 20.7. The monoisotopic (exact) mass is 484 g/mol. The van der Waals surface area contributed by atoms with Crippen LogP contribution in [-0.2, 0) is 9.53 Å².